The number of amides is 1. The van der Waals surface area contributed by atoms with Gasteiger partial charge >= 0.3 is 6.18 Å². The van der Waals surface area contributed by atoms with Crippen LogP contribution in [0.2, 0.25) is 0 Å². The predicted octanol–water partition coefficient (Wildman–Crippen LogP) is 4.88. The minimum Gasteiger partial charge on any atom is -0.322 e. The van der Waals surface area contributed by atoms with Crippen molar-refractivity contribution < 1.29 is 18.0 Å². The van der Waals surface area contributed by atoms with Gasteiger partial charge in [0.05, 0.1) is 5.56 Å². The molecule has 1 amide bonds. The summed E-state index contributed by atoms with van der Waals surface area (Å²) in [5.41, 5.74) is 3.02. The zero-order valence-corrected chi connectivity index (χ0v) is 12.5. The van der Waals surface area contributed by atoms with Crippen LogP contribution in [0, 0.1) is 20.8 Å². The molecule has 2 aromatic rings. The van der Waals surface area contributed by atoms with Crippen molar-refractivity contribution in [3.8, 4) is 0 Å². The van der Waals surface area contributed by atoms with Gasteiger partial charge in [-0.05, 0) is 56.2 Å². The van der Waals surface area contributed by atoms with Crippen LogP contribution in [0.4, 0.5) is 18.9 Å². The highest BCUT2D eigenvalue weighted by atomic mass is 19.4. The lowest BCUT2D eigenvalue weighted by Gasteiger charge is -2.13. The maximum atomic E-state index is 12.5. The quantitative estimate of drug-likeness (QED) is 0.841. The van der Waals surface area contributed by atoms with E-state index in [1.807, 2.05) is 32.9 Å². The fraction of sp³-hybridized carbons (Fsp3) is 0.235. The van der Waals surface area contributed by atoms with Gasteiger partial charge in [-0.15, -0.1) is 0 Å². The molecule has 2 aromatic carbocycles. The fourth-order valence-electron chi connectivity index (χ4n) is 2.37. The van der Waals surface area contributed by atoms with E-state index >= 15 is 0 Å². The first-order valence-corrected chi connectivity index (χ1v) is 6.75. The third-order valence-corrected chi connectivity index (χ3v) is 3.39. The van der Waals surface area contributed by atoms with Crippen molar-refractivity contribution in [2.24, 2.45) is 0 Å². The van der Waals surface area contributed by atoms with E-state index in [0.717, 1.165) is 28.8 Å². The Bertz CT molecular complexity index is 680. The molecule has 2 nitrogen and oxygen atoms in total. The number of aryl methyl sites for hydroxylation is 3. The molecule has 0 fully saturated rings. The Hall–Kier alpha value is -2.30. The highest BCUT2D eigenvalue weighted by molar-refractivity contribution is 6.05. The molecule has 0 aliphatic rings. The molecule has 0 bridgehead atoms. The monoisotopic (exact) mass is 307 g/mol. The number of carbonyl (C=O) groups is 1. The van der Waals surface area contributed by atoms with E-state index in [2.05, 4.69) is 5.32 Å². The largest absolute Gasteiger partial charge is 0.416 e. The van der Waals surface area contributed by atoms with Gasteiger partial charge in [0, 0.05) is 11.3 Å². The van der Waals surface area contributed by atoms with Gasteiger partial charge in [-0.3, -0.25) is 4.79 Å². The molecule has 0 radical (unpaired) electrons. The lowest BCUT2D eigenvalue weighted by atomic mass is 10.0. The van der Waals surface area contributed by atoms with E-state index in [0.29, 0.717) is 5.69 Å². The summed E-state index contributed by atoms with van der Waals surface area (Å²) < 4.78 is 37.5. The number of rotatable bonds is 2. The Balaban J connectivity index is 2.23. The Kier molecular flexibility index (Phi) is 4.26. The highest BCUT2D eigenvalue weighted by Gasteiger charge is 2.30. The number of benzene rings is 2. The Labute approximate surface area is 127 Å². The van der Waals surface area contributed by atoms with Crippen molar-refractivity contribution >= 4 is 11.6 Å². The molecule has 0 spiro atoms. The maximum absolute atomic E-state index is 12.5. The third kappa shape index (κ3) is 3.47. The molecular formula is C17H16F3NO. The molecule has 1 N–H and O–H groups in total. The van der Waals surface area contributed by atoms with E-state index in [9.17, 15) is 18.0 Å². The summed E-state index contributed by atoms with van der Waals surface area (Å²) in [6, 6.07) is 8.05. The van der Waals surface area contributed by atoms with Crippen molar-refractivity contribution in [3.05, 3.63) is 64.2 Å². The molecule has 5 heteroatoms. The molecule has 116 valence electrons. The Morgan fingerprint density at radius 3 is 1.91 bits per heavy atom. The minimum absolute atomic E-state index is 0.187. The van der Waals surface area contributed by atoms with Crippen molar-refractivity contribution in [3.63, 3.8) is 0 Å². The van der Waals surface area contributed by atoms with Crippen LogP contribution in [0.3, 0.4) is 0 Å². The number of halogens is 3. The van der Waals surface area contributed by atoms with Crippen LogP contribution in [-0.4, -0.2) is 5.91 Å². The second kappa shape index (κ2) is 5.83. The van der Waals surface area contributed by atoms with E-state index in [1.54, 1.807) is 0 Å². The molecule has 0 atom stereocenters. The van der Waals surface area contributed by atoms with Gasteiger partial charge in [-0.25, -0.2) is 0 Å². The fourth-order valence-corrected chi connectivity index (χ4v) is 2.37. The standard InChI is InChI=1S/C17H16F3NO/c1-10-8-11(2)15(12(3)9-10)21-16(22)13-4-6-14(7-5-13)17(18,19)20/h4-9H,1-3H3,(H,21,22). The predicted molar refractivity (Wildman–Crippen MR) is 80.1 cm³/mol. The van der Waals surface area contributed by atoms with Gasteiger partial charge < -0.3 is 5.32 Å². The zero-order valence-electron chi connectivity index (χ0n) is 12.5. The van der Waals surface area contributed by atoms with E-state index in [4.69, 9.17) is 0 Å². The molecule has 0 unspecified atom stereocenters. The number of anilines is 1. The topological polar surface area (TPSA) is 29.1 Å². The van der Waals surface area contributed by atoms with Gasteiger partial charge in [0.15, 0.2) is 0 Å². The molecule has 2 rings (SSSR count). The van der Waals surface area contributed by atoms with Crippen LogP contribution in [0.25, 0.3) is 0 Å². The summed E-state index contributed by atoms with van der Waals surface area (Å²) in [5, 5.41) is 2.76. The van der Waals surface area contributed by atoms with Crippen molar-refractivity contribution in [2.75, 3.05) is 5.32 Å². The smallest absolute Gasteiger partial charge is 0.322 e. The van der Waals surface area contributed by atoms with Gasteiger partial charge in [0.25, 0.3) is 5.91 Å². The lowest BCUT2D eigenvalue weighted by Crippen LogP contribution is -2.14. The zero-order chi connectivity index (χ0) is 16.5. The average molecular weight is 307 g/mol. The van der Waals surface area contributed by atoms with Crippen molar-refractivity contribution in [1.82, 2.24) is 0 Å². The minimum atomic E-state index is -4.40. The molecule has 0 aromatic heterocycles. The second-order valence-corrected chi connectivity index (χ2v) is 5.30. The first-order chi connectivity index (χ1) is 10.2. The number of nitrogens with one attached hydrogen (secondary N) is 1. The SMILES string of the molecule is Cc1cc(C)c(NC(=O)c2ccc(C(F)(F)F)cc2)c(C)c1. The Morgan fingerprint density at radius 1 is 0.955 bits per heavy atom. The van der Waals surface area contributed by atoms with Crippen molar-refractivity contribution in [2.45, 2.75) is 26.9 Å². The molecule has 22 heavy (non-hydrogen) atoms. The molecule has 0 aliphatic carbocycles. The number of hydrogen-bond acceptors (Lipinski definition) is 1. The summed E-state index contributed by atoms with van der Waals surface area (Å²) >= 11 is 0. The van der Waals surface area contributed by atoms with E-state index in [1.165, 1.54) is 12.1 Å². The van der Waals surface area contributed by atoms with Gasteiger partial charge in [-0.2, -0.15) is 13.2 Å². The van der Waals surface area contributed by atoms with Crippen molar-refractivity contribution in [1.29, 1.82) is 0 Å². The number of hydrogen-bond donors (Lipinski definition) is 1. The molecule has 0 saturated carbocycles. The molecule has 0 saturated heterocycles. The lowest BCUT2D eigenvalue weighted by molar-refractivity contribution is -0.137. The van der Waals surface area contributed by atoms with Crippen LogP contribution in [0.1, 0.15) is 32.6 Å². The first kappa shape index (κ1) is 16.1. The second-order valence-electron chi connectivity index (χ2n) is 5.30. The van der Waals surface area contributed by atoms with Crippen LogP contribution >= 0.6 is 0 Å². The molecule has 0 aliphatic heterocycles. The van der Waals surface area contributed by atoms with E-state index in [-0.39, 0.29) is 5.56 Å². The summed E-state index contributed by atoms with van der Waals surface area (Å²) in [6.45, 7) is 5.71. The van der Waals surface area contributed by atoms with Gasteiger partial charge in [0.2, 0.25) is 0 Å². The van der Waals surface area contributed by atoms with Crippen LogP contribution in [-0.2, 0) is 6.18 Å². The molecular weight excluding hydrogens is 291 g/mol. The first-order valence-electron chi connectivity index (χ1n) is 6.75. The summed E-state index contributed by atoms with van der Waals surface area (Å²) in [4.78, 5) is 12.2. The summed E-state index contributed by atoms with van der Waals surface area (Å²) in [6.07, 6.45) is -4.40. The highest BCUT2D eigenvalue weighted by Crippen LogP contribution is 2.29. The van der Waals surface area contributed by atoms with Gasteiger partial charge in [-0.1, -0.05) is 17.7 Å². The van der Waals surface area contributed by atoms with Crippen LogP contribution in [0.5, 0.6) is 0 Å². The maximum Gasteiger partial charge on any atom is 0.416 e. The average Bonchev–Trinajstić information content (AvgIpc) is 2.41. The number of carbonyl (C=O) groups excluding carboxylic acids is 1. The molecule has 0 heterocycles. The Morgan fingerprint density at radius 2 is 1.45 bits per heavy atom. The van der Waals surface area contributed by atoms with Gasteiger partial charge in [0.1, 0.15) is 0 Å². The third-order valence-electron chi connectivity index (χ3n) is 3.39. The normalized spacial score (nSPS) is 11.4. The van der Waals surface area contributed by atoms with E-state index < -0.39 is 17.6 Å². The summed E-state index contributed by atoms with van der Waals surface area (Å²) in [5.74, 6) is -0.427. The van der Waals surface area contributed by atoms with Crippen LogP contribution < -0.4 is 5.32 Å². The summed E-state index contributed by atoms with van der Waals surface area (Å²) in [7, 11) is 0. The number of alkyl halides is 3. The van der Waals surface area contributed by atoms with Crippen LogP contribution in [0.15, 0.2) is 36.4 Å².